The molecule has 1 aliphatic carbocycles. The number of nitrogens with one attached hydrogen (secondary N) is 1. The smallest absolute Gasteiger partial charge is 0.335 e. The number of rotatable bonds is 5. The van der Waals surface area contributed by atoms with Gasteiger partial charge >= 0.3 is 5.97 Å². The summed E-state index contributed by atoms with van der Waals surface area (Å²) >= 11 is 0. The van der Waals surface area contributed by atoms with E-state index in [4.69, 9.17) is 9.84 Å². The van der Waals surface area contributed by atoms with Crippen molar-refractivity contribution in [2.75, 3.05) is 12.4 Å². The predicted octanol–water partition coefficient (Wildman–Crippen LogP) is 5.86. The third kappa shape index (κ3) is 3.70. The van der Waals surface area contributed by atoms with Gasteiger partial charge in [0.1, 0.15) is 5.75 Å². The monoisotopic (exact) mass is 365 g/mol. The molecule has 4 nitrogen and oxygen atoms in total. The number of fused-ring (bicyclic) bond motifs is 1. The highest BCUT2D eigenvalue weighted by Crippen LogP contribution is 2.45. The van der Waals surface area contributed by atoms with Gasteiger partial charge in [-0.3, -0.25) is 0 Å². The van der Waals surface area contributed by atoms with E-state index in [1.54, 1.807) is 31.4 Å². The summed E-state index contributed by atoms with van der Waals surface area (Å²) in [7, 11) is 1.68. The molecule has 0 spiro atoms. The molecule has 0 amide bonds. The summed E-state index contributed by atoms with van der Waals surface area (Å²) in [5.41, 5.74) is 5.94. The molecule has 4 heteroatoms. The van der Waals surface area contributed by atoms with Gasteiger partial charge in [0.15, 0.2) is 0 Å². The third-order valence-corrected chi connectivity index (χ3v) is 5.24. The van der Waals surface area contributed by atoms with E-state index in [0.29, 0.717) is 5.92 Å². The Hall–Kier alpha value is -2.75. The second-order valence-corrected chi connectivity index (χ2v) is 8.01. The molecule has 2 N–H and O–H groups in total. The number of hydrogen-bond acceptors (Lipinski definition) is 3. The van der Waals surface area contributed by atoms with E-state index in [2.05, 4.69) is 51.2 Å². The van der Waals surface area contributed by atoms with Crippen LogP contribution in [0.5, 0.6) is 5.75 Å². The minimum absolute atomic E-state index is 0.0582. The first-order chi connectivity index (χ1) is 12.7. The van der Waals surface area contributed by atoms with Crippen LogP contribution in [0.2, 0.25) is 0 Å². The van der Waals surface area contributed by atoms with Crippen molar-refractivity contribution < 1.29 is 14.6 Å². The molecule has 3 rings (SSSR count). The fourth-order valence-corrected chi connectivity index (χ4v) is 3.63. The van der Waals surface area contributed by atoms with E-state index in [1.165, 1.54) is 16.7 Å². The van der Waals surface area contributed by atoms with Crippen LogP contribution in [0.4, 0.5) is 11.4 Å². The van der Waals surface area contributed by atoms with E-state index in [9.17, 15) is 4.79 Å². The molecular weight excluding hydrogens is 338 g/mol. The average Bonchev–Trinajstić information content (AvgIpc) is 2.61. The van der Waals surface area contributed by atoms with Gasteiger partial charge in [-0.25, -0.2) is 4.79 Å². The molecule has 0 bridgehead atoms. The average molecular weight is 365 g/mol. The number of carbonyl (C=O) groups is 1. The molecule has 0 aliphatic heterocycles. The molecule has 2 aromatic rings. The summed E-state index contributed by atoms with van der Waals surface area (Å²) < 4.78 is 5.66. The topological polar surface area (TPSA) is 58.6 Å². The zero-order valence-electron chi connectivity index (χ0n) is 16.6. The van der Waals surface area contributed by atoms with Crippen LogP contribution in [-0.4, -0.2) is 18.2 Å². The number of anilines is 2. The zero-order valence-corrected chi connectivity index (χ0v) is 16.6. The maximum atomic E-state index is 11.0. The zero-order chi connectivity index (χ0) is 19.8. The van der Waals surface area contributed by atoms with Gasteiger partial charge in [-0.05, 0) is 70.9 Å². The lowest BCUT2D eigenvalue weighted by atomic mass is 9.71. The Morgan fingerprint density at radius 1 is 1.19 bits per heavy atom. The highest BCUT2D eigenvalue weighted by Gasteiger charge is 2.30. The molecule has 1 aliphatic rings. The van der Waals surface area contributed by atoms with Crippen molar-refractivity contribution in [1.29, 1.82) is 0 Å². The highest BCUT2D eigenvalue weighted by molar-refractivity contribution is 5.88. The Morgan fingerprint density at radius 3 is 2.41 bits per heavy atom. The molecule has 0 fully saturated rings. The van der Waals surface area contributed by atoms with E-state index in [1.807, 2.05) is 0 Å². The number of ether oxygens (including phenoxy) is 1. The van der Waals surface area contributed by atoms with Gasteiger partial charge in [0, 0.05) is 5.69 Å². The largest absolute Gasteiger partial charge is 0.495 e. The van der Waals surface area contributed by atoms with Crippen LogP contribution in [0.3, 0.4) is 0 Å². The molecule has 2 aromatic carbocycles. The molecule has 0 unspecified atom stereocenters. The fraction of sp³-hybridized carbons (Fsp3) is 0.348. The van der Waals surface area contributed by atoms with Crippen LogP contribution in [0, 0.1) is 5.92 Å². The quantitative estimate of drug-likeness (QED) is 0.697. The standard InChI is InChI=1S/C23H27NO3/c1-14(2)17-10-11-23(3,4)19-13-21(27-5)20(12-18(17)19)24-16-8-6-15(7-9-16)22(25)26/h6-10,12-14,24H,11H2,1-5H3,(H,25,26). The van der Waals surface area contributed by atoms with Crippen molar-refractivity contribution in [2.45, 2.75) is 39.5 Å². The summed E-state index contributed by atoms with van der Waals surface area (Å²) in [5, 5.41) is 12.4. The van der Waals surface area contributed by atoms with Crippen molar-refractivity contribution in [3.8, 4) is 5.75 Å². The van der Waals surface area contributed by atoms with Gasteiger partial charge in [0.05, 0.1) is 18.4 Å². The number of benzene rings is 2. The Balaban J connectivity index is 2.05. The van der Waals surface area contributed by atoms with Gasteiger partial charge in [0.25, 0.3) is 0 Å². The van der Waals surface area contributed by atoms with E-state index in [-0.39, 0.29) is 11.0 Å². The third-order valence-electron chi connectivity index (χ3n) is 5.24. The first kappa shape index (κ1) is 19.0. The second kappa shape index (κ2) is 7.10. The van der Waals surface area contributed by atoms with Crippen LogP contribution in [0.25, 0.3) is 5.57 Å². The molecule has 142 valence electrons. The lowest BCUT2D eigenvalue weighted by molar-refractivity contribution is 0.0697. The van der Waals surface area contributed by atoms with Crippen molar-refractivity contribution in [3.63, 3.8) is 0 Å². The van der Waals surface area contributed by atoms with E-state index < -0.39 is 5.97 Å². The van der Waals surface area contributed by atoms with Gasteiger partial charge in [-0.2, -0.15) is 0 Å². The Labute approximate surface area is 160 Å². The van der Waals surface area contributed by atoms with E-state index >= 15 is 0 Å². The number of hydrogen-bond donors (Lipinski definition) is 2. The molecule has 0 heterocycles. The summed E-state index contributed by atoms with van der Waals surface area (Å²) in [4.78, 5) is 11.0. The summed E-state index contributed by atoms with van der Waals surface area (Å²) in [6, 6.07) is 11.0. The lowest BCUT2D eigenvalue weighted by Gasteiger charge is -2.34. The number of allylic oxidation sites excluding steroid dienone is 2. The summed E-state index contributed by atoms with van der Waals surface area (Å²) in [6.45, 7) is 8.96. The van der Waals surface area contributed by atoms with Gasteiger partial charge in [-0.1, -0.05) is 33.8 Å². The van der Waals surface area contributed by atoms with Crippen LogP contribution in [0.15, 0.2) is 42.5 Å². The molecule has 0 aromatic heterocycles. The predicted molar refractivity (Wildman–Crippen MR) is 110 cm³/mol. The van der Waals surface area contributed by atoms with Crippen LogP contribution in [0.1, 0.15) is 55.6 Å². The molecule has 0 radical (unpaired) electrons. The molecular formula is C23H27NO3. The minimum Gasteiger partial charge on any atom is -0.495 e. The Bertz CT molecular complexity index is 893. The molecule has 0 saturated carbocycles. The van der Waals surface area contributed by atoms with E-state index in [0.717, 1.165) is 23.5 Å². The maximum Gasteiger partial charge on any atom is 0.335 e. The Kier molecular flexibility index (Phi) is 5.01. The number of methoxy groups -OCH3 is 1. The van der Waals surface area contributed by atoms with Crippen molar-refractivity contribution in [2.24, 2.45) is 5.92 Å². The van der Waals surface area contributed by atoms with Crippen molar-refractivity contribution >= 4 is 22.9 Å². The first-order valence-corrected chi connectivity index (χ1v) is 9.26. The Morgan fingerprint density at radius 2 is 1.85 bits per heavy atom. The second-order valence-electron chi connectivity index (χ2n) is 8.01. The summed E-state index contributed by atoms with van der Waals surface area (Å²) in [5.74, 6) is 0.298. The van der Waals surface area contributed by atoms with Crippen LogP contribution >= 0.6 is 0 Å². The summed E-state index contributed by atoms with van der Waals surface area (Å²) in [6.07, 6.45) is 3.37. The highest BCUT2D eigenvalue weighted by atomic mass is 16.5. The molecule has 0 saturated heterocycles. The lowest BCUT2D eigenvalue weighted by Crippen LogP contribution is -2.23. The van der Waals surface area contributed by atoms with Crippen molar-refractivity contribution in [1.82, 2.24) is 0 Å². The van der Waals surface area contributed by atoms with Crippen molar-refractivity contribution in [3.05, 3.63) is 59.2 Å². The number of aromatic carboxylic acids is 1. The van der Waals surface area contributed by atoms with Crippen LogP contribution < -0.4 is 10.1 Å². The van der Waals surface area contributed by atoms with Gasteiger partial charge in [0.2, 0.25) is 0 Å². The maximum absolute atomic E-state index is 11.0. The number of carboxylic acid groups (broad SMARTS) is 1. The normalized spacial score (nSPS) is 15.1. The molecule has 27 heavy (non-hydrogen) atoms. The van der Waals surface area contributed by atoms with Gasteiger partial charge in [-0.15, -0.1) is 0 Å². The minimum atomic E-state index is -0.929. The SMILES string of the molecule is COc1cc2c(cc1Nc1ccc(C(=O)O)cc1)C(C(C)C)=CCC2(C)C. The molecule has 0 atom stereocenters. The van der Waals surface area contributed by atoms with Crippen LogP contribution in [-0.2, 0) is 5.41 Å². The fourth-order valence-electron chi connectivity index (χ4n) is 3.63. The first-order valence-electron chi connectivity index (χ1n) is 9.26. The number of carboxylic acids is 1. The van der Waals surface area contributed by atoms with Gasteiger partial charge < -0.3 is 15.2 Å².